The SMILES string of the molecule is Cc1nc(N)nc(NCCOc2ccccc2)c1[N+](=O)[O-]. The van der Waals surface area contributed by atoms with Crippen molar-refractivity contribution in [3.8, 4) is 5.75 Å². The van der Waals surface area contributed by atoms with Crippen LogP contribution in [-0.4, -0.2) is 28.0 Å². The number of rotatable bonds is 6. The van der Waals surface area contributed by atoms with Crippen molar-refractivity contribution in [3.05, 3.63) is 46.1 Å². The van der Waals surface area contributed by atoms with Gasteiger partial charge in [0.05, 0.1) is 11.5 Å². The molecule has 0 bridgehead atoms. The fourth-order valence-corrected chi connectivity index (χ4v) is 1.79. The second kappa shape index (κ2) is 6.51. The second-order valence-corrected chi connectivity index (χ2v) is 4.21. The van der Waals surface area contributed by atoms with E-state index < -0.39 is 4.92 Å². The number of hydrogen-bond donors (Lipinski definition) is 2. The van der Waals surface area contributed by atoms with Crippen molar-refractivity contribution in [2.45, 2.75) is 6.92 Å². The van der Waals surface area contributed by atoms with E-state index in [0.717, 1.165) is 5.75 Å². The van der Waals surface area contributed by atoms with Gasteiger partial charge in [-0.05, 0) is 19.1 Å². The number of nitro groups is 1. The van der Waals surface area contributed by atoms with Gasteiger partial charge in [-0.3, -0.25) is 10.1 Å². The van der Waals surface area contributed by atoms with Gasteiger partial charge in [0.15, 0.2) is 0 Å². The van der Waals surface area contributed by atoms with E-state index in [-0.39, 0.29) is 23.1 Å². The second-order valence-electron chi connectivity index (χ2n) is 4.21. The average Bonchev–Trinajstić information content (AvgIpc) is 2.43. The van der Waals surface area contributed by atoms with Crippen LogP contribution in [0.3, 0.4) is 0 Å². The Morgan fingerprint density at radius 2 is 2.05 bits per heavy atom. The quantitative estimate of drug-likeness (QED) is 0.473. The fraction of sp³-hybridized carbons (Fsp3) is 0.231. The molecule has 110 valence electrons. The number of hydrogen-bond acceptors (Lipinski definition) is 7. The van der Waals surface area contributed by atoms with Crippen LogP contribution >= 0.6 is 0 Å². The number of benzene rings is 1. The number of aryl methyl sites for hydroxylation is 1. The van der Waals surface area contributed by atoms with Crippen LogP contribution in [0.2, 0.25) is 0 Å². The van der Waals surface area contributed by atoms with Crippen LogP contribution in [0.15, 0.2) is 30.3 Å². The minimum Gasteiger partial charge on any atom is -0.492 e. The summed E-state index contributed by atoms with van der Waals surface area (Å²) in [6, 6.07) is 9.27. The number of ether oxygens (including phenoxy) is 1. The van der Waals surface area contributed by atoms with Crippen LogP contribution in [0, 0.1) is 17.0 Å². The van der Waals surface area contributed by atoms with Gasteiger partial charge in [-0.2, -0.15) is 4.98 Å². The predicted molar refractivity (Wildman–Crippen MR) is 78.3 cm³/mol. The Bertz CT molecular complexity index is 633. The third-order valence-electron chi connectivity index (χ3n) is 2.66. The van der Waals surface area contributed by atoms with Crippen molar-refractivity contribution >= 4 is 17.5 Å². The van der Waals surface area contributed by atoms with E-state index in [1.165, 1.54) is 6.92 Å². The third-order valence-corrected chi connectivity index (χ3v) is 2.66. The lowest BCUT2D eigenvalue weighted by Crippen LogP contribution is -2.15. The molecule has 0 aliphatic heterocycles. The molecular formula is C13H15N5O3. The molecule has 0 aliphatic rings. The van der Waals surface area contributed by atoms with Gasteiger partial charge in [-0.1, -0.05) is 18.2 Å². The van der Waals surface area contributed by atoms with E-state index in [2.05, 4.69) is 15.3 Å². The summed E-state index contributed by atoms with van der Waals surface area (Å²) in [6.45, 7) is 2.21. The molecular weight excluding hydrogens is 274 g/mol. The van der Waals surface area contributed by atoms with Gasteiger partial charge in [0.1, 0.15) is 18.1 Å². The van der Waals surface area contributed by atoms with Crippen molar-refractivity contribution in [3.63, 3.8) is 0 Å². The molecule has 1 aromatic carbocycles. The number of nitrogens with two attached hydrogens (primary N) is 1. The Kier molecular flexibility index (Phi) is 4.50. The summed E-state index contributed by atoms with van der Waals surface area (Å²) in [7, 11) is 0. The zero-order valence-electron chi connectivity index (χ0n) is 11.4. The first-order valence-electron chi connectivity index (χ1n) is 6.28. The Hall–Kier alpha value is -2.90. The van der Waals surface area contributed by atoms with E-state index in [0.29, 0.717) is 13.2 Å². The molecule has 0 fully saturated rings. The highest BCUT2D eigenvalue weighted by molar-refractivity contribution is 5.60. The smallest absolute Gasteiger partial charge is 0.332 e. The summed E-state index contributed by atoms with van der Waals surface area (Å²) in [5.74, 6) is 0.818. The van der Waals surface area contributed by atoms with Gasteiger partial charge in [-0.15, -0.1) is 0 Å². The zero-order valence-corrected chi connectivity index (χ0v) is 11.4. The summed E-state index contributed by atoms with van der Waals surface area (Å²) >= 11 is 0. The molecule has 0 spiro atoms. The molecule has 0 radical (unpaired) electrons. The topological polar surface area (TPSA) is 116 Å². The Labute approximate surface area is 121 Å². The maximum Gasteiger partial charge on any atom is 0.332 e. The summed E-state index contributed by atoms with van der Waals surface area (Å²) in [5, 5.41) is 13.9. The normalized spacial score (nSPS) is 10.1. The number of para-hydroxylation sites is 1. The van der Waals surface area contributed by atoms with Crippen LogP contribution < -0.4 is 15.8 Å². The monoisotopic (exact) mass is 289 g/mol. The molecule has 3 N–H and O–H groups in total. The lowest BCUT2D eigenvalue weighted by atomic mass is 10.3. The van der Waals surface area contributed by atoms with Crippen LogP contribution in [0.4, 0.5) is 17.5 Å². The van der Waals surface area contributed by atoms with E-state index >= 15 is 0 Å². The first-order valence-corrected chi connectivity index (χ1v) is 6.28. The highest BCUT2D eigenvalue weighted by Crippen LogP contribution is 2.25. The number of nitrogens with zero attached hydrogens (tertiary/aromatic N) is 3. The molecule has 8 nitrogen and oxygen atoms in total. The average molecular weight is 289 g/mol. The Morgan fingerprint density at radius 3 is 2.71 bits per heavy atom. The molecule has 0 saturated carbocycles. The molecule has 0 amide bonds. The first-order chi connectivity index (χ1) is 10.1. The van der Waals surface area contributed by atoms with Crippen LogP contribution in [0.25, 0.3) is 0 Å². The molecule has 0 atom stereocenters. The minimum atomic E-state index is -0.533. The third kappa shape index (κ3) is 3.78. The summed E-state index contributed by atoms with van der Waals surface area (Å²) < 4.78 is 5.48. The Morgan fingerprint density at radius 1 is 1.33 bits per heavy atom. The molecule has 2 aromatic rings. The summed E-state index contributed by atoms with van der Waals surface area (Å²) in [6.07, 6.45) is 0. The highest BCUT2D eigenvalue weighted by atomic mass is 16.6. The largest absolute Gasteiger partial charge is 0.492 e. The van der Waals surface area contributed by atoms with Crippen LogP contribution in [0.5, 0.6) is 5.75 Å². The zero-order chi connectivity index (χ0) is 15.2. The fourth-order valence-electron chi connectivity index (χ4n) is 1.79. The van der Waals surface area contributed by atoms with Gasteiger partial charge >= 0.3 is 5.69 Å². The van der Waals surface area contributed by atoms with Crippen LogP contribution in [-0.2, 0) is 0 Å². The predicted octanol–water partition coefficient (Wildman–Crippen LogP) is 1.77. The molecule has 8 heteroatoms. The highest BCUT2D eigenvalue weighted by Gasteiger charge is 2.21. The molecule has 0 saturated heterocycles. The van der Waals surface area contributed by atoms with Gasteiger partial charge < -0.3 is 15.8 Å². The lowest BCUT2D eigenvalue weighted by molar-refractivity contribution is -0.385. The molecule has 1 aromatic heterocycles. The van der Waals surface area contributed by atoms with E-state index in [1.54, 1.807) is 0 Å². The van der Waals surface area contributed by atoms with E-state index in [1.807, 2.05) is 30.3 Å². The molecule has 0 unspecified atom stereocenters. The number of aromatic nitrogens is 2. The standard InChI is InChI=1S/C13H15N5O3/c1-9-11(18(19)20)12(17-13(14)16-9)15-7-8-21-10-5-3-2-4-6-10/h2-6H,7-8H2,1H3,(H3,14,15,16,17). The van der Waals surface area contributed by atoms with E-state index in [9.17, 15) is 10.1 Å². The van der Waals surface area contributed by atoms with Crippen molar-refractivity contribution < 1.29 is 9.66 Å². The van der Waals surface area contributed by atoms with Gasteiger partial charge in [-0.25, -0.2) is 4.98 Å². The van der Waals surface area contributed by atoms with Crippen molar-refractivity contribution in [2.24, 2.45) is 0 Å². The van der Waals surface area contributed by atoms with Gasteiger partial charge in [0, 0.05) is 0 Å². The molecule has 1 heterocycles. The van der Waals surface area contributed by atoms with Crippen molar-refractivity contribution in [2.75, 3.05) is 24.2 Å². The number of nitrogens with one attached hydrogen (secondary N) is 1. The minimum absolute atomic E-state index is 0.00965. The summed E-state index contributed by atoms with van der Waals surface area (Å²) in [5.41, 5.74) is 5.55. The van der Waals surface area contributed by atoms with Gasteiger partial charge in [0.2, 0.25) is 11.8 Å². The Balaban J connectivity index is 1.98. The molecule has 21 heavy (non-hydrogen) atoms. The van der Waals surface area contributed by atoms with Crippen molar-refractivity contribution in [1.82, 2.24) is 9.97 Å². The molecule has 0 aliphatic carbocycles. The van der Waals surface area contributed by atoms with E-state index in [4.69, 9.17) is 10.5 Å². The maximum atomic E-state index is 11.0. The first kappa shape index (κ1) is 14.5. The summed E-state index contributed by atoms with van der Waals surface area (Å²) in [4.78, 5) is 18.1. The van der Waals surface area contributed by atoms with Crippen LogP contribution in [0.1, 0.15) is 5.69 Å². The van der Waals surface area contributed by atoms with Gasteiger partial charge in [0.25, 0.3) is 0 Å². The maximum absolute atomic E-state index is 11.0. The number of anilines is 2. The van der Waals surface area contributed by atoms with Crippen molar-refractivity contribution in [1.29, 1.82) is 0 Å². The number of nitrogen functional groups attached to an aromatic ring is 1. The molecule has 2 rings (SSSR count). The lowest BCUT2D eigenvalue weighted by Gasteiger charge is -2.09.